The summed E-state index contributed by atoms with van der Waals surface area (Å²) in [4.78, 5) is 14.2. The van der Waals surface area contributed by atoms with E-state index in [-0.39, 0.29) is 36.4 Å². The summed E-state index contributed by atoms with van der Waals surface area (Å²) in [6.45, 7) is 2.24. The van der Waals surface area contributed by atoms with E-state index in [0.717, 1.165) is 17.7 Å². The van der Waals surface area contributed by atoms with Crippen LogP contribution in [0.3, 0.4) is 0 Å². The molecule has 3 aromatic rings. The molecule has 39 heavy (non-hydrogen) atoms. The third-order valence-electron chi connectivity index (χ3n) is 7.92. The van der Waals surface area contributed by atoms with E-state index in [1.54, 1.807) is 9.47 Å². The van der Waals surface area contributed by atoms with Gasteiger partial charge in [-0.15, -0.1) is 21.0 Å². The van der Waals surface area contributed by atoms with Crippen molar-refractivity contribution in [2.45, 2.75) is 50.1 Å². The molecule has 0 saturated carbocycles. The molecule has 4 atom stereocenters. The molecule has 0 radical (unpaired) electrons. The van der Waals surface area contributed by atoms with E-state index in [0.29, 0.717) is 25.8 Å². The van der Waals surface area contributed by atoms with Crippen molar-refractivity contribution in [1.82, 2.24) is 19.1 Å². The predicted octanol–water partition coefficient (Wildman–Crippen LogP) is 5.19. The Morgan fingerprint density at radius 1 is 1.08 bits per heavy atom. The van der Waals surface area contributed by atoms with Crippen molar-refractivity contribution < 1.29 is 27.4 Å². The molecule has 0 amide bonds. The molecule has 210 valence electrons. The highest BCUT2D eigenvalue weighted by Gasteiger charge is 2.41. The summed E-state index contributed by atoms with van der Waals surface area (Å²) in [5.41, 5.74) is 0.903. The summed E-state index contributed by atoms with van der Waals surface area (Å²) in [7, 11) is -2.00. The standard InChI is InChI=1S/C27H33F2N5O4S/c1-18-8-9-26(19-6-4-3-5-7-19)39(36,37)34(18)14-20-12-23(29)25(13-22(20)28)32-11-10-24(33-16-30-31-17-33)21(15-32)27(35)38-2/h3-7,12-13,16-18,21,24,26,36-37H,8-11,14-15H2,1-2H3. The monoisotopic (exact) mass is 561 g/mol. The highest BCUT2D eigenvalue weighted by molar-refractivity contribution is 8.22. The lowest BCUT2D eigenvalue weighted by atomic mass is 9.91. The topological polar surface area (TPSA) is 104 Å². The molecule has 5 rings (SSSR count). The van der Waals surface area contributed by atoms with Gasteiger partial charge in [-0.2, -0.15) is 4.31 Å². The van der Waals surface area contributed by atoms with Crippen LogP contribution in [0.1, 0.15) is 48.6 Å². The van der Waals surface area contributed by atoms with Gasteiger partial charge in [0.1, 0.15) is 24.3 Å². The van der Waals surface area contributed by atoms with Crippen molar-refractivity contribution in [3.05, 3.63) is 77.9 Å². The van der Waals surface area contributed by atoms with Gasteiger partial charge in [0.2, 0.25) is 0 Å². The van der Waals surface area contributed by atoms with Crippen molar-refractivity contribution in [2.75, 3.05) is 25.1 Å². The van der Waals surface area contributed by atoms with Crippen molar-refractivity contribution in [3.8, 4) is 0 Å². The van der Waals surface area contributed by atoms with E-state index >= 15 is 8.78 Å². The number of nitrogens with zero attached hydrogens (tertiary/aromatic N) is 5. The molecule has 4 unspecified atom stereocenters. The van der Waals surface area contributed by atoms with Gasteiger partial charge >= 0.3 is 5.97 Å². The first-order chi connectivity index (χ1) is 18.7. The van der Waals surface area contributed by atoms with Crippen LogP contribution in [0.25, 0.3) is 0 Å². The minimum Gasteiger partial charge on any atom is -0.469 e. The molecule has 0 aliphatic carbocycles. The summed E-state index contributed by atoms with van der Waals surface area (Å²) in [5, 5.41) is 7.12. The number of carbonyl (C=O) groups is 1. The molecule has 2 aromatic carbocycles. The van der Waals surface area contributed by atoms with E-state index in [9.17, 15) is 13.9 Å². The summed E-state index contributed by atoms with van der Waals surface area (Å²) in [5.74, 6) is -2.36. The summed E-state index contributed by atoms with van der Waals surface area (Å²) < 4.78 is 61.8. The van der Waals surface area contributed by atoms with Gasteiger partial charge in [0.15, 0.2) is 0 Å². The Kier molecular flexibility index (Phi) is 7.90. The number of benzene rings is 2. The van der Waals surface area contributed by atoms with Crippen LogP contribution in [0.5, 0.6) is 0 Å². The Labute approximate surface area is 227 Å². The Morgan fingerprint density at radius 2 is 1.79 bits per heavy atom. The molecule has 2 aliphatic heterocycles. The Hall–Kier alpha value is -3.06. The number of esters is 1. The lowest BCUT2D eigenvalue weighted by Crippen LogP contribution is -2.45. The number of rotatable bonds is 6. The molecule has 2 saturated heterocycles. The van der Waals surface area contributed by atoms with E-state index in [4.69, 9.17) is 4.74 Å². The summed E-state index contributed by atoms with van der Waals surface area (Å²) in [6.07, 6.45) is 4.81. The maximum Gasteiger partial charge on any atom is 0.312 e. The number of aromatic nitrogens is 3. The lowest BCUT2D eigenvalue weighted by Gasteiger charge is -2.54. The molecule has 2 aliphatic rings. The van der Waals surface area contributed by atoms with Gasteiger partial charge in [-0.3, -0.25) is 13.9 Å². The van der Waals surface area contributed by atoms with Gasteiger partial charge in [-0.05, 0) is 37.8 Å². The Morgan fingerprint density at radius 3 is 2.49 bits per heavy atom. The van der Waals surface area contributed by atoms with E-state index < -0.39 is 39.5 Å². The van der Waals surface area contributed by atoms with Crippen LogP contribution in [0.15, 0.2) is 55.1 Å². The second kappa shape index (κ2) is 11.2. The molecule has 9 nitrogen and oxygen atoms in total. The zero-order chi connectivity index (χ0) is 27.7. The molecule has 0 spiro atoms. The van der Waals surface area contributed by atoms with Crippen molar-refractivity contribution in [1.29, 1.82) is 0 Å². The van der Waals surface area contributed by atoms with E-state index in [1.807, 2.05) is 37.3 Å². The molecular weight excluding hydrogens is 528 g/mol. The highest BCUT2D eigenvalue weighted by atomic mass is 32.3. The third kappa shape index (κ3) is 5.38. The number of halogens is 2. The normalized spacial score (nSPS) is 26.3. The fraction of sp³-hybridized carbons (Fsp3) is 0.444. The van der Waals surface area contributed by atoms with Gasteiger partial charge in [0.05, 0.1) is 30.0 Å². The number of methoxy groups -OCH3 is 1. The molecule has 1 aromatic heterocycles. The molecule has 2 fully saturated rings. The van der Waals surface area contributed by atoms with E-state index in [2.05, 4.69) is 10.2 Å². The average molecular weight is 562 g/mol. The van der Waals surface area contributed by atoms with Crippen LogP contribution in [0.4, 0.5) is 14.5 Å². The number of hydrogen-bond donors (Lipinski definition) is 2. The number of carbonyl (C=O) groups excluding carboxylic acids is 1. The number of anilines is 1. The van der Waals surface area contributed by atoms with Gasteiger partial charge in [0.25, 0.3) is 0 Å². The van der Waals surface area contributed by atoms with Crippen LogP contribution in [-0.4, -0.2) is 60.4 Å². The molecule has 0 bridgehead atoms. The zero-order valence-electron chi connectivity index (χ0n) is 21.9. The molecule has 2 N–H and O–H groups in total. The first kappa shape index (κ1) is 27.5. The van der Waals surface area contributed by atoms with Crippen LogP contribution in [-0.2, 0) is 16.1 Å². The second-order valence-corrected chi connectivity index (χ2v) is 12.4. The fourth-order valence-electron chi connectivity index (χ4n) is 5.78. The van der Waals surface area contributed by atoms with Crippen LogP contribution in [0, 0.1) is 17.6 Å². The first-order valence-corrected chi connectivity index (χ1v) is 14.5. The molecule has 3 heterocycles. The quantitative estimate of drug-likeness (QED) is 0.397. The van der Waals surface area contributed by atoms with Gasteiger partial charge in [-0.1, -0.05) is 30.3 Å². The first-order valence-electron chi connectivity index (χ1n) is 12.9. The van der Waals surface area contributed by atoms with Crippen LogP contribution >= 0.6 is 10.8 Å². The summed E-state index contributed by atoms with van der Waals surface area (Å²) >= 11 is 0. The number of piperidine rings is 1. The average Bonchev–Trinajstić information content (AvgIpc) is 3.47. The number of hydrogen-bond acceptors (Lipinski definition) is 8. The SMILES string of the molecule is COC(=O)C1CN(c2cc(F)c(CN3C(C)CCC(c4ccccc4)S3(O)O)cc2F)CCC1n1cnnc1. The molecule has 12 heteroatoms. The van der Waals surface area contributed by atoms with Crippen molar-refractivity contribution in [3.63, 3.8) is 0 Å². The van der Waals surface area contributed by atoms with E-state index in [1.165, 1.54) is 24.1 Å². The minimum atomic E-state index is -3.30. The Balaban J connectivity index is 1.37. The Bertz CT molecular complexity index is 1300. The van der Waals surface area contributed by atoms with Gasteiger partial charge in [-0.25, -0.2) is 8.78 Å². The predicted molar refractivity (Wildman–Crippen MR) is 144 cm³/mol. The molecular formula is C27H33F2N5O4S. The third-order valence-corrected chi connectivity index (χ3v) is 10.4. The minimum absolute atomic E-state index is 0.0423. The van der Waals surface area contributed by atoms with Gasteiger partial charge in [0, 0.05) is 37.3 Å². The smallest absolute Gasteiger partial charge is 0.312 e. The highest BCUT2D eigenvalue weighted by Crippen LogP contribution is 2.63. The van der Waals surface area contributed by atoms with Crippen LogP contribution in [0.2, 0.25) is 0 Å². The van der Waals surface area contributed by atoms with Crippen LogP contribution < -0.4 is 4.90 Å². The maximum absolute atomic E-state index is 15.5. The fourth-order valence-corrected chi connectivity index (χ4v) is 8.04. The largest absolute Gasteiger partial charge is 0.469 e. The maximum atomic E-state index is 15.5. The zero-order valence-corrected chi connectivity index (χ0v) is 22.7. The summed E-state index contributed by atoms with van der Waals surface area (Å²) in [6, 6.07) is 11.0. The van der Waals surface area contributed by atoms with Gasteiger partial charge < -0.3 is 14.2 Å². The van der Waals surface area contributed by atoms with Crippen molar-refractivity contribution >= 4 is 22.4 Å². The number of ether oxygens (including phenoxy) is 1. The van der Waals surface area contributed by atoms with Crippen molar-refractivity contribution in [2.24, 2.45) is 5.92 Å². The lowest BCUT2D eigenvalue weighted by molar-refractivity contribution is -0.147. The second-order valence-electron chi connectivity index (χ2n) is 10.2.